The second kappa shape index (κ2) is 10.7. The lowest BCUT2D eigenvalue weighted by molar-refractivity contribution is 0.285. The minimum atomic E-state index is 0.322. The molecular weight excluding hydrogens is 316 g/mol. The minimum Gasteiger partial charge on any atom is -0.785 e. The summed E-state index contributed by atoms with van der Waals surface area (Å²) in [5.41, 5.74) is 1.85. The molecule has 0 unspecified atom stereocenters. The van der Waals surface area contributed by atoms with Crippen LogP contribution in [0.2, 0.25) is 0 Å². The third-order valence-corrected chi connectivity index (χ3v) is 3.94. The van der Waals surface area contributed by atoms with Crippen LogP contribution in [0.4, 0.5) is 0 Å². The van der Waals surface area contributed by atoms with Gasteiger partial charge in [-0.1, -0.05) is 31.9 Å². The maximum absolute atomic E-state index is 12.2. The van der Waals surface area contributed by atoms with Gasteiger partial charge in [0.15, 0.2) is 11.5 Å². The molecule has 1 heterocycles. The lowest BCUT2D eigenvalue weighted by Crippen LogP contribution is -2.19. The van der Waals surface area contributed by atoms with Crippen molar-refractivity contribution in [2.24, 2.45) is 0 Å². The van der Waals surface area contributed by atoms with Gasteiger partial charge in [0.05, 0.1) is 13.7 Å². The van der Waals surface area contributed by atoms with Crippen molar-refractivity contribution in [3.8, 4) is 11.5 Å². The lowest BCUT2D eigenvalue weighted by Gasteiger charge is -2.28. The van der Waals surface area contributed by atoms with Crippen molar-refractivity contribution in [1.82, 2.24) is 10.0 Å². The summed E-state index contributed by atoms with van der Waals surface area (Å²) >= 11 is 0. The molecule has 0 aliphatic carbocycles. The van der Waals surface area contributed by atoms with Gasteiger partial charge in [-0.2, -0.15) is 0 Å². The highest BCUT2D eigenvalue weighted by molar-refractivity contribution is 5.43. The summed E-state index contributed by atoms with van der Waals surface area (Å²) in [4.78, 5) is 4.24. The number of hydrogen-bond acceptors (Lipinski definition) is 5. The maximum Gasteiger partial charge on any atom is 0.161 e. The Bertz CT molecular complexity index is 620. The van der Waals surface area contributed by atoms with Gasteiger partial charge in [-0.15, -0.1) is 0 Å². The number of ether oxygens (including phenoxy) is 2. The number of unbranched alkanes of at least 4 members (excludes halogenated alkanes) is 2. The van der Waals surface area contributed by atoms with E-state index in [9.17, 15) is 5.21 Å². The van der Waals surface area contributed by atoms with Crippen LogP contribution >= 0.6 is 0 Å². The molecule has 0 N–H and O–H groups in total. The third kappa shape index (κ3) is 6.72. The van der Waals surface area contributed by atoms with Crippen LogP contribution in [0.15, 0.2) is 42.6 Å². The smallest absolute Gasteiger partial charge is 0.161 e. The van der Waals surface area contributed by atoms with Gasteiger partial charge in [0.2, 0.25) is 0 Å². The van der Waals surface area contributed by atoms with Crippen LogP contribution in [0.5, 0.6) is 11.5 Å². The van der Waals surface area contributed by atoms with E-state index in [1.807, 2.05) is 36.4 Å². The van der Waals surface area contributed by atoms with Crippen molar-refractivity contribution in [3.63, 3.8) is 0 Å². The molecule has 0 saturated heterocycles. The molecule has 2 rings (SSSR count). The number of aromatic nitrogens is 1. The fraction of sp³-hybridized carbons (Fsp3) is 0.450. The number of hydrogen-bond donors (Lipinski definition) is 0. The van der Waals surface area contributed by atoms with Crippen molar-refractivity contribution in [2.45, 2.75) is 39.2 Å². The zero-order chi connectivity index (χ0) is 17.9. The maximum atomic E-state index is 12.2. The van der Waals surface area contributed by atoms with Gasteiger partial charge in [-0.25, -0.2) is 0 Å². The SMILES string of the molecule is CCCCCOc1cc(CN([O-])CCc2ccccn2)ccc1OC. The Morgan fingerprint density at radius 2 is 2.00 bits per heavy atom. The third-order valence-electron chi connectivity index (χ3n) is 3.94. The summed E-state index contributed by atoms with van der Waals surface area (Å²) in [7, 11) is 1.63. The van der Waals surface area contributed by atoms with Gasteiger partial charge in [0.1, 0.15) is 0 Å². The van der Waals surface area contributed by atoms with E-state index in [4.69, 9.17) is 9.47 Å². The zero-order valence-electron chi connectivity index (χ0n) is 15.1. The van der Waals surface area contributed by atoms with E-state index in [1.165, 1.54) is 0 Å². The standard InChI is InChI=1S/C20H27N2O3/c1-3-4-7-14-25-20-15-17(9-10-19(20)24-2)16-22(23)13-11-18-8-5-6-12-21-18/h5-6,8-10,12,15H,3-4,7,11,13-14,16H2,1-2H3/q-1. The van der Waals surface area contributed by atoms with E-state index < -0.39 is 0 Å². The first-order chi connectivity index (χ1) is 12.2. The van der Waals surface area contributed by atoms with Crippen molar-refractivity contribution < 1.29 is 9.47 Å². The van der Waals surface area contributed by atoms with E-state index >= 15 is 0 Å². The predicted octanol–water partition coefficient (Wildman–Crippen LogP) is 4.20. The lowest BCUT2D eigenvalue weighted by atomic mass is 10.2. The fourth-order valence-corrected chi connectivity index (χ4v) is 2.53. The number of rotatable bonds is 11. The Morgan fingerprint density at radius 1 is 1.12 bits per heavy atom. The molecule has 5 nitrogen and oxygen atoms in total. The largest absolute Gasteiger partial charge is 0.785 e. The summed E-state index contributed by atoms with van der Waals surface area (Å²) in [6.45, 7) is 3.56. The molecule has 0 aliphatic rings. The summed E-state index contributed by atoms with van der Waals surface area (Å²) in [5, 5.41) is 13.2. The fourth-order valence-electron chi connectivity index (χ4n) is 2.53. The molecule has 1 aromatic carbocycles. The Balaban J connectivity index is 1.89. The zero-order valence-corrected chi connectivity index (χ0v) is 15.1. The van der Waals surface area contributed by atoms with E-state index in [2.05, 4.69) is 11.9 Å². The van der Waals surface area contributed by atoms with Crippen LogP contribution in [0.3, 0.4) is 0 Å². The highest BCUT2D eigenvalue weighted by Gasteiger charge is 2.07. The van der Waals surface area contributed by atoms with Crippen LogP contribution in [0.25, 0.3) is 0 Å². The molecule has 0 radical (unpaired) electrons. The van der Waals surface area contributed by atoms with Gasteiger partial charge >= 0.3 is 0 Å². The summed E-state index contributed by atoms with van der Waals surface area (Å²) in [5.74, 6) is 1.40. The highest BCUT2D eigenvalue weighted by Crippen LogP contribution is 2.28. The first-order valence-corrected chi connectivity index (χ1v) is 8.84. The Labute approximate surface area is 150 Å². The molecule has 2 aromatic rings. The second-order valence-corrected chi connectivity index (χ2v) is 5.98. The quantitative estimate of drug-likeness (QED) is 0.452. The molecule has 0 aliphatic heterocycles. The molecule has 25 heavy (non-hydrogen) atoms. The van der Waals surface area contributed by atoms with E-state index in [0.29, 0.717) is 37.6 Å². The summed E-state index contributed by atoms with van der Waals surface area (Å²) < 4.78 is 11.2. The number of nitrogens with zero attached hydrogens (tertiary/aromatic N) is 2. The average molecular weight is 343 g/mol. The first kappa shape index (κ1) is 19.2. The minimum absolute atomic E-state index is 0.322. The van der Waals surface area contributed by atoms with Gasteiger partial charge in [-0.3, -0.25) is 4.98 Å². The Morgan fingerprint density at radius 3 is 2.72 bits per heavy atom. The number of pyridine rings is 1. The van der Waals surface area contributed by atoms with Crippen LogP contribution in [0, 0.1) is 5.21 Å². The topological polar surface area (TPSA) is 57.7 Å². The molecular formula is C20H27N2O3-. The van der Waals surface area contributed by atoms with E-state index in [-0.39, 0.29) is 0 Å². The summed E-state index contributed by atoms with van der Waals surface area (Å²) in [6.07, 6.45) is 5.70. The van der Waals surface area contributed by atoms with Gasteiger partial charge < -0.3 is 19.7 Å². The van der Waals surface area contributed by atoms with Crippen molar-refractivity contribution in [1.29, 1.82) is 0 Å². The van der Waals surface area contributed by atoms with Gasteiger partial charge in [0.25, 0.3) is 0 Å². The predicted molar refractivity (Wildman–Crippen MR) is 99.7 cm³/mol. The Kier molecular flexibility index (Phi) is 8.22. The van der Waals surface area contributed by atoms with Gasteiger partial charge in [0, 0.05) is 24.9 Å². The van der Waals surface area contributed by atoms with Gasteiger partial charge in [-0.05, 0) is 42.8 Å². The van der Waals surface area contributed by atoms with Crippen molar-refractivity contribution in [3.05, 3.63) is 59.1 Å². The molecule has 0 amide bonds. The monoisotopic (exact) mass is 343 g/mol. The average Bonchev–Trinajstić information content (AvgIpc) is 2.65. The van der Waals surface area contributed by atoms with Crippen LogP contribution in [0.1, 0.15) is 37.4 Å². The molecule has 0 bridgehead atoms. The Hall–Kier alpha value is -2.11. The van der Waals surface area contributed by atoms with Crippen molar-refractivity contribution in [2.75, 3.05) is 20.3 Å². The first-order valence-electron chi connectivity index (χ1n) is 8.84. The normalized spacial score (nSPS) is 10.9. The molecule has 0 spiro atoms. The number of benzene rings is 1. The van der Waals surface area contributed by atoms with Crippen LogP contribution in [-0.4, -0.2) is 30.3 Å². The van der Waals surface area contributed by atoms with Crippen molar-refractivity contribution >= 4 is 0 Å². The molecule has 0 fully saturated rings. The molecule has 5 heteroatoms. The summed E-state index contributed by atoms with van der Waals surface area (Å²) in [6, 6.07) is 11.4. The molecule has 0 atom stereocenters. The van der Waals surface area contributed by atoms with E-state index in [1.54, 1.807) is 13.3 Å². The number of methoxy groups -OCH3 is 1. The van der Waals surface area contributed by atoms with Crippen LogP contribution < -0.4 is 9.47 Å². The molecule has 0 saturated carbocycles. The second-order valence-electron chi connectivity index (χ2n) is 5.98. The molecule has 1 aromatic heterocycles. The highest BCUT2D eigenvalue weighted by atomic mass is 16.5. The van der Waals surface area contributed by atoms with E-state index in [0.717, 1.165) is 35.6 Å². The molecule has 136 valence electrons. The van der Waals surface area contributed by atoms with Crippen LogP contribution in [-0.2, 0) is 13.0 Å². The number of hydroxylamine groups is 2.